The maximum atomic E-state index is 4.82. The molecule has 0 fully saturated rings. The molecular weight excluding hydrogens is 699 g/mol. The van der Waals surface area contributed by atoms with Crippen LogP contribution in [0.5, 0.6) is 0 Å². The molecule has 12 rings (SSSR count). The molecule has 0 spiro atoms. The van der Waals surface area contributed by atoms with E-state index in [1.165, 1.54) is 109 Å². The summed E-state index contributed by atoms with van der Waals surface area (Å²) >= 11 is 0. The van der Waals surface area contributed by atoms with E-state index in [9.17, 15) is 0 Å². The Morgan fingerprint density at radius 2 is 0.724 bits per heavy atom. The fraction of sp³-hybridized carbons (Fsp3) is 0. The monoisotopic (exact) mass is 733 g/mol. The van der Waals surface area contributed by atoms with Crippen molar-refractivity contribution in [1.29, 1.82) is 0 Å². The lowest BCUT2D eigenvalue weighted by molar-refractivity contribution is 1.43. The van der Waals surface area contributed by atoms with Crippen molar-refractivity contribution in [1.82, 2.24) is 4.98 Å². The third kappa shape index (κ3) is 5.07. The zero-order valence-corrected chi connectivity index (χ0v) is 31.7. The van der Waals surface area contributed by atoms with Crippen molar-refractivity contribution in [3.63, 3.8) is 0 Å². The molecule has 0 N–H and O–H groups in total. The third-order valence-corrected chi connectivity index (χ3v) is 12.2. The van der Waals surface area contributed by atoms with E-state index in [-0.39, 0.29) is 0 Å². The Bertz CT molecular complexity index is 3620. The Morgan fingerprint density at radius 3 is 1.43 bits per heavy atom. The second-order valence-corrected chi connectivity index (χ2v) is 15.4. The van der Waals surface area contributed by atoms with E-state index in [2.05, 4.69) is 200 Å². The highest BCUT2D eigenvalue weighted by molar-refractivity contribution is 6.25. The number of fused-ring (bicyclic) bond motifs is 8. The van der Waals surface area contributed by atoms with Crippen molar-refractivity contribution in [2.75, 3.05) is 0 Å². The minimum atomic E-state index is 1.04. The highest BCUT2D eigenvalue weighted by Crippen LogP contribution is 2.48. The Kier molecular flexibility index (Phi) is 7.30. The van der Waals surface area contributed by atoms with Gasteiger partial charge < -0.3 is 0 Å². The molecule has 0 saturated carbocycles. The molecule has 0 saturated heterocycles. The standard InChI is InChI=1S/C57H35N/c1-3-17-45-36(11-1)13-7-22-48(45)55-50-19-5-6-20-51(50)56(49-23-8-14-37-12-2-4-18-46(37)49)53-35-43(30-31-52(53)55)41-26-27-42-34-44(29-28-40(42)33-41)47-21-9-15-38-24-25-39-16-10-32-58-57(39)54(38)47/h1-35H. The predicted molar refractivity (Wildman–Crippen MR) is 249 cm³/mol. The predicted octanol–water partition coefficient (Wildman–Crippen LogP) is 15.8. The summed E-state index contributed by atoms with van der Waals surface area (Å²) < 4.78 is 0. The number of hydrogen-bond acceptors (Lipinski definition) is 1. The molecule has 0 unspecified atom stereocenters. The van der Waals surface area contributed by atoms with Crippen molar-refractivity contribution in [2.45, 2.75) is 0 Å². The molecule has 0 aliphatic rings. The van der Waals surface area contributed by atoms with Gasteiger partial charge in [-0.1, -0.05) is 182 Å². The first kappa shape index (κ1) is 32.6. The van der Waals surface area contributed by atoms with Crippen LogP contribution in [0.15, 0.2) is 212 Å². The smallest absolute Gasteiger partial charge is 0.0786 e. The number of aromatic nitrogens is 1. The van der Waals surface area contributed by atoms with Gasteiger partial charge in [-0.3, -0.25) is 4.98 Å². The van der Waals surface area contributed by atoms with E-state index in [1.807, 2.05) is 12.3 Å². The molecule has 12 aromatic rings. The van der Waals surface area contributed by atoms with Gasteiger partial charge in [0.1, 0.15) is 0 Å². The van der Waals surface area contributed by atoms with Gasteiger partial charge in [0.25, 0.3) is 0 Å². The van der Waals surface area contributed by atoms with Crippen LogP contribution in [0, 0.1) is 0 Å². The fourth-order valence-corrected chi connectivity index (χ4v) is 9.57. The summed E-state index contributed by atoms with van der Waals surface area (Å²) in [5, 5.41) is 16.0. The van der Waals surface area contributed by atoms with Crippen LogP contribution in [0.2, 0.25) is 0 Å². The number of hydrogen-bond donors (Lipinski definition) is 0. The highest BCUT2D eigenvalue weighted by atomic mass is 14.6. The molecule has 58 heavy (non-hydrogen) atoms. The first-order valence-corrected chi connectivity index (χ1v) is 20.0. The zero-order chi connectivity index (χ0) is 38.2. The summed E-state index contributed by atoms with van der Waals surface area (Å²) in [7, 11) is 0. The van der Waals surface area contributed by atoms with Gasteiger partial charge in [-0.25, -0.2) is 0 Å². The number of rotatable bonds is 4. The molecule has 11 aromatic carbocycles. The van der Waals surface area contributed by atoms with Gasteiger partial charge in [-0.2, -0.15) is 0 Å². The Balaban J connectivity index is 1.08. The number of nitrogens with zero attached hydrogens (tertiary/aromatic N) is 1. The van der Waals surface area contributed by atoms with Crippen LogP contribution in [0.25, 0.3) is 120 Å². The lowest BCUT2D eigenvalue weighted by atomic mass is 9.83. The van der Waals surface area contributed by atoms with E-state index in [1.54, 1.807) is 0 Å². The van der Waals surface area contributed by atoms with Gasteiger partial charge in [0.2, 0.25) is 0 Å². The lowest BCUT2D eigenvalue weighted by Gasteiger charge is -2.20. The van der Waals surface area contributed by atoms with Crippen LogP contribution < -0.4 is 0 Å². The van der Waals surface area contributed by atoms with E-state index >= 15 is 0 Å². The molecule has 0 amide bonds. The van der Waals surface area contributed by atoms with Crippen LogP contribution in [0.3, 0.4) is 0 Å². The summed E-state index contributed by atoms with van der Waals surface area (Å²) in [5.41, 5.74) is 10.9. The first-order chi connectivity index (χ1) is 28.8. The van der Waals surface area contributed by atoms with Gasteiger partial charge in [-0.05, 0) is 128 Å². The quantitative estimate of drug-likeness (QED) is 0.130. The molecule has 0 atom stereocenters. The zero-order valence-electron chi connectivity index (χ0n) is 31.7. The van der Waals surface area contributed by atoms with Crippen LogP contribution in [-0.2, 0) is 0 Å². The maximum Gasteiger partial charge on any atom is 0.0786 e. The molecule has 1 aromatic heterocycles. The van der Waals surface area contributed by atoms with E-state index in [0.29, 0.717) is 0 Å². The largest absolute Gasteiger partial charge is 0.256 e. The van der Waals surface area contributed by atoms with Crippen molar-refractivity contribution in [3.8, 4) is 44.5 Å². The van der Waals surface area contributed by atoms with Gasteiger partial charge >= 0.3 is 0 Å². The normalized spacial score (nSPS) is 11.8. The van der Waals surface area contributed by atoms with Crippen molar-refractivity contribution >= 4 is 75.5 Å². The average Bonchev–Trinajstić information content (AvgIpc) is 3.29. The van der Waals surface area contributed by atoms with Gasteiger partial charge in [0.15, 0.2) is 0 Å². The Morgan fingerprint density at radius 1 is 0.259 bits per heavy atom. The second-order valence-electron chi connectivity index (χ2n) is 15.4. The summed E-state index contributed by atoms with van der Waals surface area (Å²) in [6, 6.07) is 76.0. The third-order valence-electron chi connectivity index (χ3n) is 12.2. The minimum Gasteiger partial charge on any atom is -0.256 e. The van der Waals surface area contributed by atoms with Crippen LogP contribution in [0.4, 0.5) is 0 Å². The molecule has 1 heterocycles. The van der Waals surface area contributed by atoms with Crippen molar-refractivity contribution < 1.29 is 0 Å². The van der Waals surface area contributed by atoms with Gasteiger partial charge in [0, 0.05) is 17.0 Å². The Labute approximate surface area is 336 Å². The van der Waals surface area contributed by atoms with Crippen LogP contribution >= 0.6 is 0 Å². The van der Waals surface area contributed by atoms with Crippen molar-refractivity contribution in [2.24, 2.45) is 0 Å². The van der Waals surface area contributed by atoms with Gasteiger partial charge in [0.05, 0.1) is 5.52 Å². The summed E-state index contributed by atoms with van der Waals surface area (Å²) in [5.74, 6) is 0. The minimum absolute atomic E-state index is 1.04. The summed E-state index contributed by atoms with van der Waals surface area (Å²) in [6.07, 6.45) is 1.89. The van der Waals surface area contributed by atoms with Crippen LogP contribution in [0.1, 0.15) is 0 Å². The molecule has 0 radical (unpaired) electrons. The van der Waals surface area contributed by atoms with E-state index in [0.717, 1.165) is 10.9 Å². The SMILES string of the molecule is c1ccc2c(-c3c4ccccc4c(-c4cccc5ccccc45)c4cc(-c5ccc6cc(-c7cccc8ccc9cccnc9c78)ccc6c5)ccc34)cccc2c1. The van der Waals surface area contributed by atoms with E-state index in [4.69, 9.17) is 4.98 Å². The number of pyridine rings is 1. The molecule has 0 bridgehead atoms. The molecule has 1 heteroatoms. The van der Waals surface area contributed by atoms with E-state index < -0.39 is 0 Å². The molecule has 268 valence electrons. The second kappa shape index (κ2) is 13.0. The first-order valence-electron chi connectivity index (χ1n) is 20.0. The topological polar surface area (TPSA) is 12.9 Å². The molecule has 0 aliphatic heterocycles. The Hall–Kier alpha value is -7.61. The fourth-order valence-electron chi connectivity index (χ4n) is 9.57. The molecular formula is C57H35N. The average molecular weight is 734 g/mol. The summed E-state index contributed by atoms with van der Waals surface area (Å²) in [4.78, 5) is 4.82. The lowest BCUT2D eigenvalue weighted by Crippen LogP contribution is -1.93. The highest BCUT2D eigenvalue weighted by Gasteiger charge is 2.20. The molecule has 1 nitrogen and oxygen atoms in total. The van der Waals surface area contributed by atoms with Crippen LogP contribution in [-0.4, -0.2) is 4.98 Å². The summed E-state index contributed by atoms with van der Waals surface area (Å²) in [6.45, 7) is 0. The molecule has 0 aliphatic carbocycles. The number of benzene rings is 11. The van der Waals surface area contributed by atoms with Crippen molar-refractivity contribution in [3.05, 3.63) is 212 Å². The van der Waals surface area contributed by atoms with Gasteiger partial charge in [-0.15, -0.1) is 0 Å². The maximum absolute atomic E-state index is 4.82.